The molecule has 0 aliphatic carbocycles. The molecule has 0 radical (unpaired) electrons. The fraction of sp³-hybridized carbons (Fsp3) is 0.667. The van der Waals surface area contributed by atoms with Crippen LogP contribution in [0.4, 0.5) is 0 Å². The molecule has 2 nitrogen and oxygen atoms in total. The van der Waals surface area contributed by atoms with E-state index in [-0.39, 0.29) is 6.10 Å². The molecule has 2 aliphatic rings. The van der Waals surface area contributed by atoms with Crippen LogP contribution in [0.5, 0.6) is 0 Å². The van der Waals surface area contributed by atoms with E-state index in [0.29, 0.717) is 18.0 Å². The van der Waals surface area contributed by atoms with Gasteiger partial charge in [0.05, 0.1) is 6.10 Å². The van der Waals surface area contributed by atoms with Gasteiger partial charge in [0.15, 0.2) is 0 Å². The van der Waals surface area contributed by atoms with Gasteiger partial charge >= 0.3 is 0 Å². The normalized spacial score (nSPS) is 31.5. The molecular formula is C18H27NO. The number of hydrogen-bond acceptors (Lipinski definition) is 2. The molecule has 20 heavy (non-hydrogen) atoms. The molecule has 0 aromatic heterocycles. The summed E-state index contributed by atoms with van der Waals surface area (Å²) in [6.45, 7) is 4.28. The van der Waals surface area contributed by atoms with Gasteiger partial charge in [0.25, 0.3) is 0 Å². The molecule has 1 aromatic rings. The SMILES string of the molecule is Cc1ccc(C)c(CC(O)C2CC3CCC(C2)N3C)c1. The van der Waals surface area contributed by atoms with Crippen molar-refractivity contribution in [1.82, 2.24) is 4.90 Å². The van der Waals surface area contributed by atoms with Crippen LogP contribution in [-0.4, -0.2) is 35.2 Å². The standard InChI is InChI=1S/C18H27NO/c1-12-4-5-13(2)14(8-12)11-18(20)15-9-16-6-7-17(10-15)19(16)3/h4-5,8,15-18,20H,6-7,9-11H2,1-3H3. The van der Waals surface area contributed by atoms with Gasteiger partial charge in [-0.1, -0.05) is 23.8 Å². The van der Waals surface area contributed by atoms with E-state index in [2.05, 4.69) is 44.0 Å². The van der Waals surface area contributed by atoms with Crippen molar-refractivity contribution in [3.63, 3.8) is 0 Å². The summed E-state index contributed by atoms with van der Waals surface area (Å²) in [5, 5.41) is 10.7. The molecular weight excluding hydrogens is 246 g/mol. The zero-order valence-electron chi connectivity index (χ0n) is 13.0. The van der Waals surface area contributed by atoms with Crippen LogP contribution in [0.3, 0.4) is 0 Å². The van der Waals surface area contributed by atoms with Gasteiger partial charge in [-0.2, -0.15) is 0 Å². The van der Waals surface area contributed by atoms with Gasteiger partial charge in [0.2, 0.25) is 0 Å². The first kappa shape index (κ1) is 14.1. The van der Waals surface area contributed by atoms with Gasteiger partial charge in [-0.25, -0.2) is 0 Å². The minimum absolute atomic E-state index is 0.174. The lowest BCUT2D eigenvalue weighted by atomic mass is 9.83. The number of aryl methyl sites for hydroxylation is 2. The maximum absolute atomic E-state index is 10.7. The molecule has 1 N–H and O–H groups in total. The number of nitrogens with zero attached hydrogens (tertiary/aromatic N) is 1. The van der Waals surface area contributed by atoms with Crippen molar-refractivity contribution >= 4 is 0 Å². The topological polar surface area (TPSA) is 23.5 Å². The van der Waals surface area contributed by atoms with E-state index in [1.165, 1.54) is 42.4 Å². The number of piperidine rings is 1. The Morgan fingerprint density at radius 2 is 1.85 bits per heavy atom. The number of benzene rings is 1. The van der Waals surface area contributed by atoms with Crippen LogP contribution in [0.1, 0.15) is 42.4 Å². The third-order valence-electron chi connectivity index (χ3n) is 5.61. The van der Waals surface area contributed by atoms with Crippen molar-refractivity contribution in [2.75, 3.05) is 7.05 Å². The predicted molar refractivity (Wildman–Crippen MR) is 82.9 cm³/mol. The van der Waals surface area contributed by atoms with Gasteiger partial charge in [-0.05, 0) is 70.0 Å². The fourth-order valence-corrected chi connectivity index (χ4v) is 4.18. The minimum Gasteiger partial charge on any atom is -0.392 e. The number of hydrogen-bond donors (Lipinski definition) is 1. The molecule has 3 unspecified atom stereocenters. The molecule has 3 rings (SSSR count). The lowest BCUT2D eigenvalue weighted by Crippen LogP contribution is -2.43. The first-order valence-corrected chi connectivity index (χ1v) is 8.00. The van der Waals surface area contributed by atoms with Gasteiger partial charge in [0.1, 0.15) is 0 Å². The van der Waals surface area contributed by atoms with E-state index < -0.39 is 0 Å². The maximum atomic E-state index is 10.7. The summed E-state index contributed by atoms with van der Waals surface area (Å²) in [7, 11) is 2.26. The molecule has 110 valence electrons. The van der Waals surface area contributed by atoms with Crippen molar-refractivity contribution < 1.29 is 5.11 Å². The van der Waals surface area contributed by atoms with Crippen molar-refractivity contribution in [3.8, 4) is 0 Å². The highest BCUT2D eigenvalue weighted by Gasteiger charge is 2.40. The summed E-state index contributed by atoms with van der Waals surface area (Å²) >= 11 is 0. The first-order valence-electron chi connectivity index (χ1n) is 8.00. The third kappa shape index (κ3) is 2.64. The molecule has 3 atom stereocenters. The lowest BCUT2D eigenvalue weighted by Gasteiger charge is -2.38. The van der Waals surface area contributed by atoms with E-state index in [4.69, 9.17) is 0 Å². The van der Waals surface area contributed by atoms with Gasteiger partial charge in [0, 0.05) is 12.1 Å². The van der Waals surface area contributed by atoms with E-state index >= 15 is 0 Å². The van der Waals surface area contributed by atoms with E-state index in [1.54, 1.807) is 0 Å². The Bertz CT molecular complexity index is 470. The molecule has 2 saturated heterocycles. The Kier molecular flexibility index (Phi) is 3.87. The number of fused-ring (bicyclic) bond motifs is 2. The second-order valence-corrected chi connectivity index (χ2v) is 6.98. The van der Waals surface area contributed by atoms with Crippen LogP contribution in [0, 0.1) is 19.8 Å². The largest absolute Gasteiger partial charge is 0.392 e. The Labute approximate surface area is 122 Å². The molecule has 0 saturated carbocycles. The minimum atomic E-state index is -0.174. The highest BCUT2D eigenvalue weighted by molar-refractivity contribution is 5.31. The Balaban J connectivity index is 1.68. The van der Waals surface area contributed by atoms with Gasteiger partial charge in [-0.15, -0.1) is 0 Å². The average Bonchev–Trinajstić information content (AvgIpc) is 2.65. The fourth-order valence-electron chi connectivity index (χ4n) is 4.18. The second kappa shape index (κ2) is 5.50. The van der Waals surface area contributed by atoms with Gasteiger partial charge < -0.3 is 10.0 Å². The summed E-state index contributed by atoms with van der Waals surface area (Å²) in [6, 6.07) is 8.00. The molecule has 2 heterocycles. The lowest BCUT2D eigenvalue weighted by molar-refractivity contribution is 0.0367. The second-order valence-electron chi connectivity index (χ2n) is 6.98. The predicted octanol–water partition coefficient (Wildman–Crippen LogP) is 3.08. The Morgan fingerprint density at radius 1 is 1.20 bits per heavy atom. The smallest absolute Gasteiger partial charge is 0.0609 e. The summed E-state index contributed by atoms with van der Waals surface area (Å²) in [5.74, 6) is 0.489. The van der Waals surface area contributed by atoms with E-state index in [0.717, 1.165) is 6.42 Å². The molecule has 2 bridgehead atoms. The van der Waals surface area contributed by atoms with Gasteiger partial charge in [-0.3, -0.25) is 0 Å². The third-order valence-corrected chi connectivity index (χ3v) is 5.61. The van der Waals surface area contributed by atoms with Crippen LogP contribution in [0.15, 0.2) is 18.2 Å². The van der Waals surface area contributed by atoms with Crippen molar-refractivity contribution in [1.29, 1.82) is 0 Å². The summed E-state index contributed by atoms with van der Waals surface area (Å²) in [5.41, 5.74) is 3.93. The number of aliphatic hydroxyl groups is 1. The van der Waals surface area contributed by atoms with Crippen LogP contribution >= 0.6 is 0 Å². The number of aliphatic hydroxyl groups excluding tert-OH is 1. The van der Waals surface area contributed by atoms with Crippen molar-refractivity contribution in [2.24, 2.45) is 5.92 Å². The average molecular weight is 273 g/mol. The van der Waals surface area contributed by atoms with Crippen LogP contribution in [-0.2, 0) is 6.42 Å². The summed E-state index contributed by atoms with van der Waals surface area (Å²) < 4.78 is 0. The molecule has 0 spiro atoms. The summed E-state index contributed by atoms with van der Waals surface area (Å²) in [6.07, 6.45) is 5.66. The van der Waals surface area contributed by atoms with Crippen LogP contribution < -0.4 is 0 Å². The Hall–Kier alpha value is -0.860. The molecule has 0 amide bonds. The number of rotatable bonds is 3. The van der Waals surface area contributed by atoms with Crippen molar-refractivity contribution in [2.45, 2.75) is 64.1 Å². The van der Waals surface area contributed by atoms with Crippen LogP contribution in [0.2, 0.25) is 0 Å². The van der Waals surface area contributed by atoms with Crippen molar-refractivity contribution in [3.05, 3.63) is 34.9 Å². The highest BCUT2D eigenvalue weighted by Crippen LogP contribution is 2.39. The molecule has 2 aliphatic heterocycles. The van der Waals surface area contributed by atoms with Crippen LogP contribution in [0.25, 0.3) is 0 Å². The summed E-state index contributed by atoms with van der Waals surface area (Å²) in [4.78, 5) is 2.54. The molecule has 2 heteroatoms. The monoisotopic (exact) mass is 273 g/mol. The quantitative estimate of drug-likeness (QED) is 0.915. The van der Waals surface area contributed by atoms with E-state index in [1.807, 2.05) is 0 Å². The first-order chi connectivity index (χ1) is 9.54. The Morgan fingerprint density at radius 3 is 2.50 bits per heavy atom. The zero-order valence-corrected chi connectivity index (χ0v) is 13.0. The molecule has 1 aromatic carbocycles. The molecule has 2 fully saturated rings. The maximum Gasteiger partial charge on any atom is 0.0609 e. The van der Waals surface area contributed by atoms with E-state index in [9.17, 15) is 5.11 Å². The highest BCUT2D eigenvalue weighted by atomic mass is 16.3. The zero-order chi connectivity index (χ0) is 14.3.